The molecule has 0 atom stereocenters. The number of hydrazine groups is 1. The van der Waals surface area contributed by atoms with Gasteiger partial charge in [-0.25, -0.2) is 5.01 Å². The highest BCUT2D eigenvalue weighted by molar-refractivity contribution is 6.34. The average Bonchev–Trinajstić information content (AvgIpc) is 3.87. The largest absolute Gasteiger partial charge is 0.480 e. The number of hydrogen-bond acceptors (Lipinski definition) is 8. The van der Waals surface area contributed by atoms with Crippen LogP contribution in [-0.2, 0) is 26.4 Å². The summed E-state index contributed by atoms with van der Waals surface area (Å²) in [5, 5.41) is 24.9. The third-order valence-corrected chi connectivity index (χ3v) is 8.42. The van der Waals surface area contributed by atoms with E-state index in [0.717, 1.165) is 16.1 Å². The van der Waals surface area contributed by atoms with E-state index >= 15 is 0 Å². The number of carboxylic acid groups (broad SMARTS) is 1. The predicted molar refractivity (Wildman–Crippen MR) is 142 cm³/mol. The number of nitrogens with zero attached hydrogens (tertiary/aromatic N) is 5. The highest BCUT2D eigenvalue weighted by Crippen LogP contribution is 2.51. The summed E-state index contributed by atoms with van der Waals surface area (Å²) < 4.78 is 114. The predicted octanol–water partition coefficient (Wildman–Crippen LogP) is 5.31. The van der Waals surface area contributed by atoms with Gasteiger partial charge in [0, 0.05) is 19.8 Å². The van der Waals surface area contributed by atoms with Gasteiger partial charge < -0.3 is 9.84 Å². The fourth-order valence-electron chi connectivity index (χ4n) is 5.00. The number of nitriles is 1. The Hall–Kier alpha value is -4.44. The number of halogens is 9. The number of anilines is 1. The van der Waals surface area contributed by atoms with Crippen molar-refractivity contribution in [3.63, 3.8) is 0 Å². The summed E-state index contributed by atoms with van der Waals surface area (Å²) in [5.41, 5.74) is -7.98. The van der Waals surface area contributed by atoms with E-state index in [2.05, 4.69) is 5.10 Å². The number of likely N-dealkylation sites (N-methyl/N-ethyl adjacent to an activating group) is 1. The number of ether oxygens (including phenoxy) is 1. The van der Waals surface area contributed by atoms with E-state index in [4.69, 9.17) is 16.3 Å². The first-order valence-electron chi connectivity index (χ1n) is 13.5. The van der Waals surface area contributed by atoms with Crippen LogP contribution in [0.4, 0.5) is 40.9 Å². The second-order valence-electron chi connectivity index (χ2n) is 11.2. The fraction of sp³-hybridized carbons (Fsp3) is 0.444. The normalized spacial score (nSPS) is 18.7. The van der Waals surface area contributed by atoms with Crippen LogP contribution in [0.25, 0.3) is 5.57 Å². The lowest BCUT2D eigenvalue weighted by molar-refractivity contribution is -0.292. The highest BCUT2D eigenvalue weighted by Gasteiger charge is 2.64. The van der Waals surface area contributed by atoms with E-state index in [1.807, 2.05) is 6.07 Å². The molecule has 1 aromatic carbocycles. The molecule has 2 fully saturated rings. The molecule has 47 heavy (non-hydrogen) atoms. The summed E-state index contributed by atoms with van der Waals surface area (Å²) in [5.74, 6) is -10.6. The second kappa shape index (κ2) is 11.1. The Morgan fingerprint density at radius 1 is 1.13 bits per heavy atom. The van der Waals surface area contributed by atoms with Crippen LogP contribution in [0.15, 0.2) is 24.4 Å². The third kappa shape index (κ3) is 5.73. The molecule has 5 rings (SSSR count). The van der Waals surface area contributed by atoms with Gasteiger partial charge in [0.2, 0.25) is 0 Å². The lowest BCUT2D eigenvalue weighted by Crippen LogP contribution is -2.44. The maximum Gasteiger partial charge on any atom is 0.459 e. The Labute approximate surface area is 263 Å². The van der Waals surface area contributed by atoms with Crippen LogP contribution in [0.1, 0.15) is 52.9 Å². The number of aliphatic carboxylic acids is 1. The highest BCUT2D eigenvalue weighted by atomic mass is 35.5. The number of carbonyl (C=O) groups is 3. The van der Waals surface area contributed by atoms with Crippen LogP contribution in [0, 0.1) is 16.7 Å². The zero-order valence-electron chi connectivity index (χ0n) is 23.8. The van der Waals surface area contributed by atoms with Crippen molar-refractivity contribution >= 4 is 40.8 Å². The Kier molecular flexibility index (Phi) is 7.99. The van der Waals surface area contributed by atoms with Gasteiger partial charge in [0.25, 0.3) is 5.91 Å². The molecule has 2 aliphatic carbocycles. The maximum atomic E-state index is 14.0. The van der Waals surface area contributed by atoms with Crippen molar-refractivity contribution in [3.05, 3.63) is 51.8 Å². The maximum absolute atomic E-state index is 14.0. The molecule has 20 heteroatoms. The Balaban J connectivity index is 1.47. The lowest BCUT2D eigenvalue weighted by atomic mass is 10.0. The molecule has 0 unspecified atom stereocenters. The minimum Gasteiger partial charge on any atom is -0.480 e. The zero-order chi connectivity index (χ0) is 34.9. The van der Waals surface area contributed by atoms with E-state index in [0.29, 0.717) is 5.01 Å². The third-order valence-electron chi connectivity index (χ3n) is 8.09. The van der Waals surface area contributed by atoms with Crippen LogP contribution in [0.3, 0.4) is 0 Å². The van der Waals surface area contributed by atoms with E-state index in [9.17, 15) is 59.9 Å². The number of aromatic amines is 1. The minimum atomic E-state index is -6.38. The number of nitrogens with one attached hydrogen (secondary N) is 1. The van der Waals surface area contributed by atoms with Gasteiger partial charge in [-0.1, -0.05) is 17.7 Å². The fourth-order valence-corrected chi connectivity index (χ4v) is 5.20. The van der Waals surface area contributed by atoms with Gasteiger partial charge >= 0.3 is 30.2 Å². The molecule has 2 saturated carbocycles. The van der Waals surface area contributed by atoms with Crippen LogP contribution in [0.2, 0.25) is 5.02 Å². The number of H-pyrrole nitrogens is 1. The molecule has 11 nitrogen and oxygen atoms in total. The minimum absolute atomic E-state index is 0.0298. The van der Waals surface area contributed by atoms with Gasteiger partial charge in [-0.3, -0.25) is 29.4 Å². The van der Waals surface area contributed by atoms with Crippen LogP contribution in [-0.4, -0.2) is 75.1 Å². The number of carboxylic acids is 1. The molecule has 0 saturated heterocycles. The number of rotatable bonds is 9. The molecule has 1 aliphatic heterocycles. The van der Waals surface area contributed by atoms with Crippen molar-refractivity contribution in [2.24, 2.45) is 5.41 Å². The van der Waals surface area contributed by atoms with Gasteiger partial charge in [0.05, 0.1) is 16.7 Å². The Morgan fingerprint density at radius 2 is 1.77 bits per heavy atom. The Bertz CT molecular complexity index is 1720. The standard InChI is InChI=1S/C27H21ClF8N6O5/c1-40-9-14(10-42(40)19-17(26(31,32)33)18(38-39-19)25(29,30)27(34,35)36)13-2-3-16(28)15(8-13)20(43)41(23(11-37)4-5-23)12-47-22(46)24(6-7-24)21(44)45/h2-3,8,10H,4-7,9,12H2,1H3,(H,38,39)(H,44,45). The summed E-state index contributed by atoms with van der Waals surface area (Å²) in [6.45, 7) is -1.03. The first-order chi connectivity index (χ1) is 21.7. The SMILES string of the molecule is CN1CC(c2ccc(Cl)c(C(=O)N(COC(=O)C3(C(=O)O)CC3)C3(C#N)CC3)c2)=CN1c1[nH]nc(C(F)(F)C(F)(F)F)c1C(F)(F)F. The summed E-state index contributed by atoms with van der Waals surface area (Å²) in [4.78, 5) is 38.6. The summed E-state index contributed by atoms with van der Waals surface area (Å²) in [6.07, 6.45) is -10.6. The number of carbonyl (C=O) groups excluding carboxylic acids is 2. The Morgan fingerprint density at radius 3 is 2.28 bits per heavy atom. The summed E-state index contributed by atoms with van der Waals surface area (Å²) >= 11 is 6.29. The van der Waals surface area contributed by atoms with E-state index in [-0.39, 0.29) is 54.0 Å². The number of hydrogen-bond donors (Lipinski definition) is 2. The summed E-state index contributed by atoms with van der Waals surface area (Å²) in [6, 6.07) is 5.77. The molecule has 0 bridgehead atoms. The smallest absolute Gasteiger partial charge is 0.459 e. The van der Waals surface area contributed by atoms with Gasteiger partial charge in [0.1, 0.15) is 11.1 Å². The molecule has 2 N–H and O–H groups in total. The first kappa shape index (κ1) is 33.9. The molecule has 1 amide bonds. The zero-order valence-corrected chi connectivity index (χ0v) is 24.5. The first-order valence-corrected chi connectivity index (χ1v) is 13.8. The number of esters is 1. The second-order valence-corrected chi connectivity index (χ2v) is 11.6. The molecule has 0 spiro atoms. The number of aromatic nitrogens is 2. The lowest BCUT2D eigenvalue weighted by Gasteiger charge is -2.28. The van der Waals surface area contributed by atoms with Crippen molar-refractivity contribution < 1.29 is 59.4 Å². The molecule has 2 aromatic rings. The van der Waals surface area contributed by atoms with E-state index in [1.54, 1.807) is 5.10 Å². The summed E-state index contributed by atoms with van der Waals surface area (Å²) in [7, 11) is 1.21. The number of benzene rings is 1. The van der Waals surface area contributed by atoms with Crippen molar-refractivity contribution in [1.82, 2.24) is 20.1 Å². The van der Waals surface area contributed by atoms with Crippen molar-refractivity contribution in [3.8, 4) is 6.07 Å². The van der Waals surface area contributed by atoms with Crippen LogP contribution in [0.5, 0.6) is 0 Å². The molecule has 0 radical (unpaired) electrons. The molecular weight excluding hydrogens is 676 g/mol. The van der Waals surface area contributed by atoms with Gasteiger partial charge in [-0.15, -0.1) is 0 Å². The molecule has 252 valence electrons. The van der Waals surface area contributed by atoms with Crippen LogP contribution >= 0.6 is 11.6 Å². The van der Waals surface area contributed by atoms with E-state index in [1.165, 1.54) is 25.2 Å². The van der Waals surface area contributed by atoms with Crippen LogP contribution < -0.4 is 5.01 Å². The monoisotopic (exact) mass is 696 g/mol. The molecular formula is C27H21ClF8N6O5. The average molecular weight is 697 g/mol. The van der Waals surface area contributed by atoms with Gasteiger partial charge in [-0.05, 0) is 49.0 Å². The quantitative estimate of drug-likeness (QED) is 0.154. The number of alkyl halides is 8. The van der Waals surface area contributed by atoms with Crippen molar-refractivity contribution in [1.29, 1.82) is 5.26 Å². The van der Waals surface area contributed by atoms with Gasteiger partial charge in [0.15, 0.2) is 23.7 Å². The molecule has 1 aromatic heterocycles. The van der Waals surface area contributed by atoms with Crippen molar-refractivity contribution in [2.45, 2.75) is 49.5 Å². The molecule has 3 aliphatic rings. The van der Waals surface area contributed by atoms with Gasteiger partial charge in [-0.2, -0.15) is 45.5 Å². The van der Waals surface area contributed by atoms with Crippen molar-refractivity contribution in [2.75, 3.05) is 25.3 Å². The van der Waals surface area contributed by atoms with E-state index < -0.39 is 70.9 Å². The topological polar surface area (TPSA) is 143 Å². The molecule has 2 heterocycles. The number of amides is 1.